The molecule has 1 N–H and O–H groups in total. The van der Waals surface area contributed by atoms with E-state index in [1.54, 1.807) is 4.68 Å². The van der Waals surface area contributed by atoms with Crippen molar-refractivity contribution in [2.75, 3.05) is 5.32 Å². The maximum atomic E-state index is 12.2. The number of carbonyl (C=O) groups excluding carboxylic acids is 1. The van der Waals surface area contributed by atoms with E-state index in [2.05, 4.69) is 21.6 Å². The number of aryl methyl sites for hydroxylation is 4. The molecule has 0 atom stereocenters. The number of nitrogens with one attached hydrogen (secondary N) is 1. The van der Waals surface area contributed by atoms with E-state index in [9.17, 15) is 4.79 Å². The second-order valence-corrected chi connectivity index (χ2v) is 5.61. The van der Waals surface area contributed by atoms with E-state index >= 15 is 0 Å². The van der Waals surface area contributed by atoms with Crippen LogP contribution in [0, 0.1) is 13.8 Å². The molecule has 6 heteroatoms. The maximum Gasteiger partial charge on any atom is 0.227 e. The number of aromatic nitrogens is 4. The lowest BCUT2D eigenvalue weighted by atomic mass is 10.2. The minimum absolute atomic E-state index is 0.0307. The van der Waals surface area contributed by atoms with Crippen LogP contribution in [-0.2, 0) is 17.9 Å². The molecule has 0 saturated heterocycles. The zero-order valence-corrected chi connectivity index (χ0v) is 13.7. The normalized spacial score (nSPS) is 11.1. The number of para-hydroxylation sites is 1. The molecule has 0 aliphatic carbocycles. The summed E-state index contributed by atoms with van der Waals surface area (Å²) >= 11 is 0. The third kappa shape index (κ3) is 3.11. The van der Waals surface area contributed by atoms with E-state index in [0.29, 0.717) is 13.0 Å². The van der Waals surface area contributed by atoms with E-state index in [0.717, 1.165) is 34.7 Å². The number of benzene rings is 1. The van der Waals surface area contributed by atoms with Gasteiger partial charge < -0.3 is 5.32 Å². The molecule has 0 aliphatic rings. The predicted octanol–water partition coefficient (Wildman–Crippen LogP) is 2.90. The van der Waals surface area contributed by atoms with Crippen molar-refractivity contribution >= 4 is 22.6 Å². The van der Waals surface area contributed by atoms with Crippen LogP contribution in [0.3, 0.4) is 0 Å². The predicted molar refractivity (Wildman–Crippen MR) is 90.4 cm³/mol. The Bertz CT molecular complexity index is 846. The first-order valence-corrected chi connectivity index (χ1v) is 7.85. The summed E-state index contributed by atoms with van der Waals surface area (Å²) in [5.41, 5.74) is 2.95. The summed E-state index contributed by atoms with van der Waals surface area (Å²) in [5.74, 6) is 0.716. The number of hydrogen-bond acceptors (Lipinski definition) is 3. The van der Waals surface area contributed by atoms with E-state index < -0.39 is 0 Å². The van der Waals surface area contributed by atoms with Gasteiger partial charge >= 0.3 is 0 Å². The van der Waals surface area contributed by atoms with Crippen molar-refractivity contribution in [2.24, 2.45) is 0 Å². The van der Waals surface area contributed by atoms with Crippen molar-refractivity contribution in [3.05, 3.63) is 41.7 Å². The molecule has 3 aromatic rings. The van der Waals surface area contributed by atoms with E-state index in [1.807, 2.05) is 49.7 Å². The highest BCUT2D eigenvalue weighted by Gasteiger charge is 2.11. The minimum Gasteiger partial charge on any atom is -0.311 e. The van der Waals surface area contributed by atoms with Gasteiger partial charge in [-0.05, 0) is 26.8 Å². The Balaban J connectivity index is 1.69. The Morgan fingerprint density at radius 2 is 1.96 bits per heavy atom. The number of anilines is 1. The lowest BCUT2D eigenvalue weighted by molar-refractivity contribution is -0.116. The molecule has 6 nitrogen and oxygen atoms in total. The Labute approximate surface area is 135 Å². The Kier molecular flexibility index (Phi) is 4.14. The SMILES string of the molecule is CCn1nc(C)cc1NC(=O)CCn1nc(C)c2ccccc21. The van der Waals surface area contributed by atoms with Gasteiger partial charge in [0.1, 0.15) is 5.82 Å². The molecule has 0 radical (unpaired) electrons. The second kappa shape index (κ2) is 6.24. The molecular weight excluding hydrogens is 290 g/mol. The van der Waals surface area contributed by atoms with Crippen molar-refractivity contribution in [3.63, 3.8) is 0 Å². The molecule has 120 valence electrons. The van der Waals surface area contributed by atoms with Crippen LogP contribution in [0.15, 0.2) is 30.3 Å². The molecule has 3 rings (SSSR count). The fourth-order valence-corrected chi connectivity index (χ4v) is 2.76. The second-order valence-electron chi connectivity index (χ2n) is 5.61. The number of hydrogen-bond donors (Lipinski definition) is 1. The van der Waals surface area contributed by atoms with Gasteiger partial charge in [0.15, 0.2) is 0 Å². The molecule has 1 aromatic carbocycles. The summed E-state index contributed by atoms with van der Waals surface area (Å²) < 4.78 is 3.69. The van der Waals surface area contributed by atoms with Gasteiger partial charge in [-0.25, -0.2) is 4.68 Å². The van der Waals surface area contributed by atoms with Gasteiger partial charge in [-0.2, -0.15) is 10.2 Å². The highest BCUT2D eigenvalue weighted by Crippen LogP contribution is 2.18. The highest BCUT2D eigenvalue weighted by molar-refractivity contribution is 5.90. The molecular formula is C17H21N5O. The van der Waals surface area contributed by atoms with Gasteiger partial charge in [-0.1, -0.05) is 18.2 Å². The number of nitrogens with zero attached hydrogens (tertiary/aromatic N) is 4. The first-order chi connectivity index (χ1) is 11.1. The van der Waals surface area contributed by atoms with E-state index in [-0.39, 0.29) is 5.91 Å². The third-order valence-corrected chi connectivity index (χ3v) is 3.86. The molecule has 23 heavy (non-hydrogen) atoms. The first-order valence-electron chi connectivity index (χ1n) is 7.85. The number of fused-ring (bicyclic) bond motifs is 1. The Morgan fingerprint density at radius 1 is 1.17 bits per heavy atom. The topological polar surface area (TPSA) is 64.7 Å². The molecule has 2 heterocycles. The van der Waals surface area contributed by atoms with Crippen molar-refractivity contribution in [3.8, 4) is 0 Å². The molecule has 0 aliphatic heterocycles. The maximum absolute atomic E-state index is 12.2. The highest BCUT2D eigenvalue weighted by atomic mass is 16.1. The quantitative estimate of drug-likeness (QED) is 0.788. The van der Waals surface area contributed by atoms with Crippen LogP contribution in [0.1, 0.15) is 24.7 Å². The average molecular weight is 311 g/mol. The smallest absolute Gasteiger partial charge is 0.227 e. The molecule has 0 bridgehead atoms. The van der Waals surface area contributed by atoms with Crippen LogP contribution in [0.25, 0.3) is 10.9 Å². The Hall–Kier alpha value is -2.63. The van der Waals surface area contributed by atoms with Crippen LogP contribution >= 0.6 is 0 Å². The molecule has 0 spiro atoms. The van der Waals surface area contributed by atoms with Gasteiger partial charge in [-0.15, -0.1) is 0 Å². The monoisotopic (exact) mass is 311 g/mol. The zero-order chi connectivity index (χ0) is 16.4. The zero-order valence-electron chi connectivity index (χ0n) is 13.7. The van der Waals surface area contributed by atoms with Crippen LogP contribution in [-0.4, -0.2) is 25.5 Å². The summed E-state index contributed by atoms with van der Waals surface area (Å²) in [5, 5.41) is 12.9. The van der Waals surface area contributed by atoms with Crippen molar-refractivity contribution in [1.82, 2.24) is 19.6 Å². The third-order valence-electron chi connectivity index (χ3n) is 3.86. The van der Waals surface area contributed by atoms with Crippen molar-refractivity contribution < 1.29 is 4.79 Å². The molecule has 0 saturated carbocycles. The summed E-state index contributed by atoms with van der Waals surface area (Å²) in [6, 6.07) is 9.96. The van der Waals surface area contributed by atoms with Crippen LogP contribution in [0.2, 0.25) is 0 Å². The lowest BCUT2D eigenvalue weighted by Crippen LogP contribution is -2.17. The van der Waals surface area contributed by atoms with Crippen molar-refractivity contribution in [1.29, 1.82) is 0 Å². The first kappa shape index (κ1) is 15.3. The fraction of sp³-hybridized carbons (Fsp3) is 0.353. The van der Waals surface area contributed by atoms with Crippen LogP contribution in [0.4, 0.5) is 5.82 Å². The summed E-state index contributed by atoms with van der Waals surface area (Å²) in [4.78, 5) is 12.2. The minimum atomic E-state index is -0.0307. The average Bonchev–Trinajstić information content (AvgIpc) is 3.06. The molecule has 0 fully saturated rings. The standard InChI is InChI=1S/C17H21N5O/c1-4-21-16(11-12(2)19-21)18-17(23)9-10-22-15-8-6-5-7-14(15)13(3)20-22/h5-8,11H,4,9-10H2,1-3H3,(H,18,23). The lowest BCUT2D eigenvalue weighted by Gasteiger charge is -2.07. The number of amides is 1. The van der Waals surface area contributed by atoms with Gasteiger partial charge in [0.05, 0.1) is 23.4 Å². The van der Waals surface area contributed by atoms with E-state index in [1.165, 1.54) is 0 Å². The van der Waals surface area contributed by atoms with Gasteiger partial charge in [0, 0.05) is 24.4 Å². The van der Waals surface area contributed by atoms with Gasteiger partial charge in [-0.3, -0.25) is 9.48 Å². The summed E-state index contributed by atoms with van der Waals surface area (Å²) in [6.45, 7) is 7.19. The van der Waals surface area contributed by atoms with Gasteiger partial charge in [0.25, 0.3) is 0 Å². The number of carbonyl (C=O) groups is 1. The number of rotatable bonds is 5. The molecule has 0 unspecified atom stereocenters. The molecule has 1 amide bonds. The van der Waals surface area contributed by atoms with Crippen molar-refractivity contribution in [2.45, 2.75) is 40.3 Å². The summed E-state index contributed by atoms with van der Waals surface area (Å²) in [6.07, 6.45) is 0.374. The largest absolute Gasteiger partial charge is 0.311 e. The summed E-state index contributed by atoms with van der Waals surface area (Å²) in [7, 11) is 0. The van der Waals surface area contributed by atoms with Crippen LogP contribution in [0.5, 0.6) is 0 Å². The fourth-order valence-electron chi connectivity index (χ4n) is 2.76. The van der Waals surface area contributed by atoms with Crippen LogP contribution < -0.4 is 5.32 Å². The Morgan fingerprint density at radius 3 is 2.74 bits per heavy atom. The molecule has 2 aromatic heterocycles. The van der Waals surface area contributed by atoms with E-state index in [4.69, 9.17) is 0 Å². The van der Waals surface area contributed by atoms with Gasteiger partial charge in [0.2, 0.25) is 5.91 Å².